The van der Waals surface area contributed by atoms with E-state index in [0.29, 0.717) is 0 Å². The van der Waals surface area contributed by atoms with Gasteiger partial charge in [-0.3, -0.25) is 0 Å². The first-order valence-electron chi connectivity index (χ1n) is 3.20. The van der Waals surface area contributed by atoms with Gasteiger partial charge in [0.05, 0.1) is 31.2 Å². The highest BCUT2D eigenvalue weighted by atomic mass is 35.5. The van der Waals surface area contributed by atoms with Gasteiger partial charge >= 0.3 is 0 Å². The minimum atomic E-state index is -0.0746. The first-order valence-corrected chi connectivity index (χ1v) is 4.72. The van der Waals surface area contributed by atoms with Gasteiger partial charge in [0.2, 0.25) is 0 Å². The second-order valence-electron chi connectivity index (χ2n) is 2.23. The van der Waals surface area contributed by atoms with Crippen LogP contribution in [-0.4, -0.2) is 17.4 Å². The molecule has 0 amide bonds. The molecule has 2 nitrogen and oxygen atoms in total. The van der Waals surface area contributed by atoms with Crippen LogP contribution in [0.5, 0.6) is 0 Å². The summed E-state index contributed by atoms with van der Waals surface area (Å²) in [4.78, 5) is 0. The molecule has 0 aromatic heterocycles. The van der Waals surface area contributed by atoms with E-state index in [1.807, 2.05) is 0 Å². The number of rotatable bonds is 0. The molecule has 0 unspecified atom stereocenters. The number of nitrogens with zero attached hydrogens (tertiary/aromatic N) is 2. The molecule has 1 rings (SSSR count). The average Bonchev–Trinajstić information content (AvgIpc) is 2.16. The van der Waals surface area contributed by atoms with E-state index >= 15 is 0 Å². The van der Waals surface area contributed by atoms with Crippen LogP contribution in [0.4, 0.5) is 0 Å². The summed E-state index contributed by atoms with van der Waals surface area (Å²) in [6, 6.07) is 3.50. The molecule has 0 radical (unpaired) electrons. The Kier molecular flexibility index (Phi) is 5.79. The zero-order valence-electron chi connectivity index (χ0n) is 6.41. The Morgan fingerprint density at radius 1 is 0.667 bits per heavy atom. The van der Waals surface area contributed by atoms with E-state index < -0.39 is 0 Å². The summed E-state index contributed by atoms with van der Waals surface area (Å²) in [5.41, 5.74) is -0.0847. The molecule has 1 aromatic carbocycles. The molecule has 0 aliphatic carbocycles. The Morgan fingerprint density at radius 2 is 1.00 bits per heavy atom. The molecule has 0 N–H and O–H groups in total. The normalized spacial score (nSPS) is 8.67. The van der Waals surface area contributed by atoms with Crippen molar-refractivity contribution in [1.82, 2.24) is 0 Å². The van der Waals surface area contributed by atoms with Gasteiger partial charge in [-0.15, -0.1) is 0 Å². The molecule has 15 heavy (non-hydrogen) atoms. The first kappa shape index (κ1) is 14.9. The van der Waals surface area contributed by atoms with Gasteiger partial charge in [0.1, 0.15) is 12.1 Å². The van der Waals surface area contributed by atoms with Gasteiger partial charge in [0.15, 0.2) is 17.4 Å². The van der Waals surface area contributed by atoms with Crippen LogP contribution in [0.1, 0.15) is 11.1 Å². The second-order valence-corrected chi connectivity index (χ2v) is 3.74. The van der Waals surface area contributed by atoms with Crippen molar-refractivity contribution in [2.75, 3.05) is 0 Å². The monoisotopic (exact) mass is 294 g/mol. The van der Waals surface area contributed by atoms with E-state index in [-0.39, 0.29) is 48.6 Å². The molecule has 0 saturated carbocycles. The fourth-order valence-corrected chi connectivity index (χ4v) is 1.90. The maximum atomic E-state index is 8.70. The minimum absolute atomic E-state index is 0. The van der Waals surface area contributed by atoms with Crippen LogP contribution in [0.3, 0.4) is 0 Å². The summed E-state index contributed by atoms with van der Waals surface area (Å²) in [5.74, 6) is 0. The lowest BCUT2D eigenvalue weighted by Gasteiger charge is -2.05. The Labute approximate surface area is 117 Å². The van der Waals surface area contributed by atoms with E-state index in [2.05, 4.69) is 0 Å². The molecule has 0 spiro atoms. The molecule has 7 heteroatoms. The van der Waals surface area contributed by atoms with Crippen molar-refractivity contribution >= 4 is 63.8 Å². The molecular weight excluding hydrogens is 293 g/mol. The summed E-state index contributed by atoms with van der Waals surface area (Å²) < 4.78 is 0. The first-order chi connectivity index (χ1) is 6.54. The van der Waals surface area contributed by atoms with Gasteiger partial charge in [0.25, 0.3) is 0 Å². The van der Waals surface area contributed by atoms with Crippen LogP contribution in [0.15, 0.2) is 0 Å². The quantitative estimate of drug-likeness (QED) is 0.420. The molecule has 0 aliphatic rings. The number of halogens is 4. The van der Waals surface area contributed by atoms with Crippen molar-refractivity contribution in [2.45, 2.75) is 0 Å². The highest BCUT2D eigenvalue weighted by Gasteiger charge is 2.19. The SMILES string of the molecule is N#Cc1c(Cl)c(Cl)c(Cl)c(C#N)c1Cl.[AlH3]. The van der Waals surface area contributed by atoms with Crippen molar-refractivity contribution < 1.29 is 0 Å². The highest BCUT2D eigenvalue weighted by molar-refractivity contribution is 6.50. The topological polar surface area (TPSA) is 47.6 Å². The van der Waals surface area contributed by atoms with E-state index in [0.717, 1.165) is 0 Å². The number of benzene rings is 1. The lowest BCUT2D eigenvalue weighted by atomic mass is 10.1. The fourth-order valence-electron chi connectivity index (χ4n) is 0.830. The van der Waals surface area contributed by atoms with Crippen LogP contribution in [0.25, 0.3) is 0 Å². The maximum Gasteiger partial charge on any atom is 0.187 e. The fraction of sp³-hybridized carbons (Fsp3) is 0. The van der Waals surface area contributed by atoms with Gasteiger partial charge in [0, 0.05) is 0 Å². The third kappa shape index (κ3) is 2.53. The van der Waals surface area contributed by atoms with Crippen molar-refractivity contribution in [1.29, 1.82) is 10.5 Å². The number of hydrogen-bond donors (Lipinski definition) is 0. The van der Waals surface area contributed by atoms with Gasteiger partial charge in [-0.1, -0.05) is 46.4 Å². The van der Waals surface area contributed by atoms with Crippen LogP contribution in [0, 0.1) is 22.7 Å². The Bertz CT molecular complexity index is 446. The third-order valence-corrected chi connectivity index (χ3v) is 3.19. The van der Waals surface area contributed by atoms with Crippen molar-refractivity contribution in [2.24, 2.45) is 0 Å². The standard InChI is InChI=1S/C8Cl4N2.Al.3H/c9-5-3(1-13)6(10)8(12)7(11)4(5)2-14;;;;. The lowest BCUT2D eigenvalue weighted by molar-refractivity contribution is 1.45. The van der Waals surface area contributed by atoms with E-state index in [1.54, 1.807) is 12.1 Å². The number of nitriles is 2. The van der Waals surface area contributed by atoms with Crippen molar-refractivity contribution in [3.63, 3.8) is 0 Å². The predicted octanol–water partition coefficient (Wildman–Crippen LogP) is 2.86. The van der Waals surface area contributed by atoms with E-state index in [9.17, 15) is 0 Å². The zero-order chi connectivity index (χ0) is 10.9. The number of hydrogen-bond acceptors (Lipinski definition) is 2. The van der Waals surface area contributed by atoms with Gasteiger partial charge in [-0.25, -0.2) is 0 Å². The summed E-state index contributed by atoms with van der Waals surface area (Å²) in [6.07, 6.45) is 0. The smallest absolute Gasteiger partial charge is 0.187 e. The largest absolute Gasteiger partial charge is 0.192 e. The van der Waals surface area contributed by atoms with Crippen molar-refractivity contribution in [3.8, 4) is 12.1 Å². The Morgan fingerprint density at radius 3 is 1.27 bits per heavy atom. The molecule has 76 valence electrons. The summed E-state index contributed by atoms with van der Waals surface area (Å²) in [7, 11) is 0. The van der Waals surface area contributed by atoms with Crippen molar-refractivity contribution in [3.05, 3.63) is 31.2 Å². The van der Waals surface area contributed by atoms with E-state index in [1.165, 1.54) is 0 Å². The lowest BCUT2D eigenvalue weighted by Crippen LogP contribution is -1.89. The molecule has 0 fully saturated rings. The molecule has 0 atom stereocenters. The van der Waals surface area contributed by atoms with Gasteiger partial charge in [-0.05, 0) is 0 Å². The van der Waals surface area contributed by atoms with Crippen LogP contribution < -0.4 is 0 Å². The van der Waals surface area contributed by atoms with Gasteiger partial charge in [-0.2, -0.15) is 10.5 Å². The minimum Gasteiger partial charge on any atom is -0.192 e. The molecule has 0 aliphatic heterocycles. The Hall–Kier alpha value is -0.108. The molecular formula is C8H3AlCl4N2. The maximum absolute atomic E-state index is 8.70. The third-order valence-electron chi connectivity index (χ3n) is 1.49. The Balaban J connectivity index is 0.00000196. The van der Waals surface area contributed by atoms with Crippen LogP contribution >= 0.6 is 46.4 Å². The second kappa shape index (κ2) is 5.84. The zero-order valence-corrected chi connectivity index (χ0v) is 9.43. The molecule has 0 heterocycles. The molecule has 1 aromatic rings. The van der Waals surface area contributed by atoms with Gasteiger partial charge < -0.3 is 0 Å². The summed E-state index contributed by atoms with van der Waals surface area (Å²) >= 11 is 22.8. The van der Waals surface area contributed by atoms with Crippen LogP contribution in [0.2, 0.25) is 20.1 Å². The summed E-state index contributed by atoms with van der Waals surface area (Å²) in [5, 5.41) is 17.2. The predicted molar refractivity (Wildman–Crippen MR) is 65.9 cm³/mol. The highest BCUT2D eigenvalue weighted by Crippen LogP contribution is 2.40. The van der Waals surface area contributed by atoms with E-state index in [4.69, 9.17) is 56.9 Å². The molecule has 0 bridgehead atoms. The molecule has 0 saturated heterocycles. The summed E-state index contributed by atoms with van der Waals surface area (Å²) in [6.45, 7) is 0. The van der Waals surface area contributed by atoms with Crippen LogP contribution in [-0.2, 0) is 0 Å². The average molecular weight is 296 g/mol.